The van der Waals surface area contributed by atoms with Crippen molar-refractivity contribution >= 4 is 5.97 Å². The van der Waals surface area contributed by atoms with Crippen LogP contribution in [0.4, 0.5) is 0 Å². The Morgan fingerprint density at radius 2 is 2.25 bits per heavy atom. The molecule has 2 N–H and O–H groups in total. The molecule has 16 heavy (non-hydrogen) atoms. The van der Waals surface area contributed by atoms with Crippen molar-refractivity contribution in [1.29, 1.82) is 0 Å². The molecule has 0 saturated heterocycles. The molecular formula is C10H18N4O2. The molecular weight excluding hydrogens is 208 g/mol. The first-order chi connectivity index (χ1) is 7.50. The number of carbonyl (C=O) groups is 1. The zero-order valence-electron chi connectivity index (χ0n) is 9.84. The van der Waals surface area contributed by atoms with E-state index in [0.29, 0.717) is 12.5 Å². The SMILES string of the molecule is CC(C)Cn1ncnc1CN[C@H](C)C(=O)O. The first-order valence-electron chi connectivity index (χ1n) is 5.33. The second-order valence-corrected chi connectivity index (χ2v) is 4.19. The minimum Gasteiger partial charge on any atom is -0.480 e. The zero-order chi connectivity index (χ0) is 12.1. The summed E-state index contributed by atoms with van der Waals surface area (Å²) in [5.41, 5.74) is 0. The molecule has 6 heteroatoms. The average molecular weight is 226 g/mol. The number of aliphatic carboxylic acids is 1. The number of nitrogens with zero attached hydrogens (tertiary/aromatic N) is 3. The molecule has 0 radical (unpaired) electrons. The lowest BCUT2D eigenvalue weighted by atomic mass is 10.2. The van der Waals surface area contributed by atoms with Crippen LogP contribution in [0.2, 0.25) is 0 Å². The molecule has 1 aromatic heterocycles. The maximum Gasteiger partial charge on any atom is 0.320 e. The maximum absolute atomic E-state index is 10.6. The number of nitrogens with one attached hydrogen (secondary N) is 1. The number of hydrogen-bond acceptors (Lipinski definition) is 4. The van der Waals surface area contributed by atoms with Gasteiger partial charge in [-0.15, -0.1) is 0 Å². The van der Waals surface area contributed by atoms with Crippen molar-refractivity contribution < 1.29 is 9.90 Å². The lowest BCUT2D eigenvalue weighted by Crippen LogP contribution is -2.34. The quantitative estimate of drug-likeness (QED) is 0.738. The van der Waals surface area contributed by atoms with Crippen molar-refractivity contribution in [2.75, 3.05) is 0 Å². The van der Waals surface area contributed by atoms with Gasteiger partial charge in [0.15, 0.2) is 0 Å². The van der Waals surface area contributed by atoms with Gasteiger partial charge in [-0.25, -0.2) is 9.67 Å². The van der Waals surface area contributed by atoms with Crippen molar-refractivity contribution in [3.8, 4) is 0 Å². The molecule has 0 saturated carbocycles. The molecule has 0 aliphatic heterocycles. The number of carboxylic acid groups (broad SMARTS) is 1. The van der Waals surface area contributed by atoms with E-state index in [4.69, 9.17) is 5.11 Å². The molecule has 0 amide bonds. The van der Waals surface area contributed by atoms with Crippen molar-refractivity contribution in [3.63, 3.8) is 0 Å². The van der Waals surface area contributed by atoms with E-state index in [1.807, 2.05) is 0 Å². The minimum atomic E-state index is -0.866. The summed E-state index contributed by atoms with van der Waals surface area (Å²) in [5.74, 6) is 0.383. The van der Waals surface area contributed by atoms with Crippen LogP contribution in [0, 0.1) is 5.92 Å². The van der Waals surface area contributed by atoms with Gasteiger partial charge in [0.05, 0.1) is 6.54 Å². The molecule has 0 bridgehead atoms. The zero-order valence-corrected chi connectivity index (χ0v) is 9.84. The Hall–Kier alpha value is -1.43. The highest BCUT2D eigenvalue weighted by atomic mass is 16.4. The molecule has 0 fully saturated rings. The molecule has 90 valence electrons. The molecule has 1 aromatic rings. The summed E-state index contributed by atoms with van der Waals surface area (Å²) in [7, 11) is 0. The monoisotopic (exact) mass is 226 g/mol. The Morgan fingerprint density at radius 1 is 1.56 bits per heavy atom. The van der Waals surface area contributed by atoms with Crippen molar-refractivity contribution in [3.05, 3.63) is 12.2 Å². The van der Waals surface area contributed by atoms with Crippen LogP contribution in [0.5, 0.6) is 0 Å². The van der Waals surface area contributed by atoms with E-state index in [9.17, 15) is 4.79 Å². The van der Waals surface area contributed by atoms with Crippen molar-refractivity contribution in [1.82, 2.24) is 20.1 Å². The van der Waals surface area contributed by atoms with Crippen LogP contribution >= 0.6 is 0 Å². The van der Waals surface area contributed by atoms with Gasteiger partial charge in [0.1, 0.15) is 18.2 Å². The van der Waals surface area contributed by atoms with E-state index < -0.39 is 12.0 Å². The Kier molecular flexibility index (Phi) is 4.42. The molecule has 0 aliphatic carbocycles. The van der Waals surface area contributed by atoms with Crippen LogP contribution in [-0.4, -0.2) is 31.9 Å². The van der Waals surface area contributed by atoms with Crippen molar-refractivity contribution in [2.24, 2.45) is 5.92 Å². The van der Waals surface area contributed by atoms with Gasteiger partial charge < -0.3 is 5.11 Å². The fraction of sp³-hybridized carbons (Fsp3) is 0.700. The Balaban J connectivity index is 2.53. The third-order valence-electron chi connectivity index (χ3n) is 2.17. The Morgan fingerprint density at radius 3 is 2.81 bits per heavy atom. The minimum absolute atomic E-state index is 0.417. The molecule has 0 spiro atoms. The smallest absolute Gasteiger partial charge is 0.320 e. The van der Waals surface area contributed by atoms with Gasteiger partial charge in [0.25, 0.3) is 0 Å². The molecule has 0 aliphatic rings. The predicted molar refractivity (Wildman–Crippen MR) is 58.8 cm³/mol. The van der Waals surface area contributed by atoms with Gasteiger partial charge >= 0.3 is 5.97 Å². The molecule has 1 heterocycles. The summed E-state index contributed by atoms with van der Waals surface area (Å²) in [6, 6.07) is -0.579. The Labute approximate surface area is 94.7 Å². The summed E-state index contributed by atoms with van der Waals surface area (Å²) in [5, 5.41) is 15.7. The summed E-state index contributed by atoms with van der Waals surface area (Å²) in [6.07, 6.45) is 1.49. The molecule has 1 atom stereocenters. The largest absolute Gasteiger partial charge is 0.480 e. The van der Waals surface area contributed by atoms with Crippen molar-refractivity contribution in [2.45, 2.75) is 39.9 Å². The third-order valence-corrected chi connectivity index (χ3v) is 2.17. The second kappa shape index (κ2) is 5.60. The summed E-state index contributed by atoms with van der Waals surface area (Å²) in [4.78, 5) is 14.7. The number of hydrogen-bond donors (Lipinski definition) is 2. The molecule has 6 nitrogen and oxygen atoms in total. The van der Waals surface area contributed by atoms with E-state index in [1.165, 1.54) is 6.33 Å². The molecule has 1 rings (SSSR count). The fourth-order valence-electron chi connectivity index (χ4n) is 1.26. The van der Waals surface area contributed by atoms with E-state index >= 15 is 0 Å². The predicted octanol–water partition coefficient (Wildman–Crippen LogP) is 0.497. The first kappa shape index (κ1) is 12.6. The highest BCUT2D eigenvalue weighted by Gasteiger charge is 2.12. The van der Waals surface area contributed by atoms with E-state index in [2.05, 4.69) is 29.2 Å². The van der Waals surface area contributed by atoms with Gasteiger partial charge in [0.2, 0.25) is 0 Å². The van der Waals surface area contributed by atoms with Gasteiger partial charge in [-0.1, -0.05) is 13.8 Å². The number of rotatable bonds is 6. The molecule has 0 unspecified atom stereocenters. The molecule has 0 aromatic carbocycles. The third kappa shape index (κ3) is 3.62. The van der Waals surface area contributed by atoms with Gasteiger partial charge in [-0.05, 0) is 12.8 Å². The van der Waals surface area contributed by atoms with Crippen LogP contribution in [0.15, 0.2) is 6.33 Å². The van der Waals surface area contributed by atoms with Gasteiger partial charge in [-0.2, -0.15) is 5.10 Å². The topological polar surface area (TPSA) is 80.0 Å². The van der Waals surface area contributed by atoms with Crippen LogP contribution in [0.1, 0.15) is 26.6 Å². The standard InChI is InChI=1S/C10H18N4O2/c1-7(2)5-14-9(12-6-13-14)4-11-8(3)10(15)16/h6-8,11H,4-5H2,1-3H3,(H,15,16)/t8-/m1/s1. The van der Waals surface area contributed by atoms with Crippen LogP contribution in [0.3, 0.4) is 0 Å². The summed E-state index contributed by atoms with van der Waals surface area (Å²) < 4.78 is 1.80. The highest BCUT2D eigenvalue weighted by molar-refractivity contribution is 5.72. The van der Waals surface area contributed by atoms with E-state index in [-0.39, 0.29) is 0 Å². The van der Waals surface area contributed by atoms with Crippen LogP contribution in [0.25, 0.3) is 0 Å². The van der Waals surface area contributed by atoms with Crippen LogP contribution < -0.4 is 5.32 Å². The summed E-state index contributed by atoms with van der Waals surface area (Å²) in [6.45, 7) is 7.00. The average Bonchev–Trinajstić information content (AvgIpc) is 2.60. The van der Waals surface area contributed by atoms with E-state index in [0.717, 1.165) is 12.4 Å². The van der Waals surface area contributed by atoms with Gasteiger partial charge in [0, 0.05) is 6.54 Å². The Bertz CT molecular complexity index is 348. The second-order valence-electron chi connectivity index (χ2n) is 4.19. The van der Waals surface area contributed by atoms with Gasteiger partial charge in [-0.3, -0.25) is 10.1 Å². The van der Waals surface area contributed by atoms with E-state index in [1.54, 1.807) is 11.6 Å². The first-order valence-corrected chi connectivity index (χ1v) is 5.33. The van der Waals surface area contributed by atoms with Crippen LogP contribution in [-0.2, 0) is 17.9 Å². The fourth-order valence-corrected chi connectivity index (χ4v) is 1.26. The normalized spacial score (nSPS) is 13.0. The lowest BCUT2D eigenvalue weighted by molar-refractivity contribution is -0.139. The number of carboxylic acids is 1. The lowest BCUT2D eigenvalue weighted by Gasteiger charge is -2.11. The summed E-state index contributed by atoms with van der Waals surface area (Å²) >= 11 is 0. The number of aromatic nitrogens is 3. The highest BCUT2D eigenvalue weighted by Crippen LogP contribution is 2.01. The maximum atomic E-state index is 10.6.